The smallest absolute Gasteiger partial charge is 0.274 e. The van der Waals surface area contributed by atoms with E-state index in [-0.39, 0.29) is 23.5 Å². The summed E-state index contributed by atoms with van der Waals surface area (Å²) in [4.78, 5) is 21.7. The molecule has 1 amide bonds. The summed E-state index contributed by atoms with van der Waals surface area (Å²) in [7, 11) is 0. The highest BCUT2D eigenvalue weighted by atomic mass is 32.1. The number of anilines is 1. The molecule has 6 heteroatoms. The first-order chi connectivity index (χ1) is 12.5. The van der Waals surface area contributed by atoms with Gasteiger partial charge in [0.2, 0.25) is 0 Å². The summed E-state index contributed by atoms with van der Waals surface area (Å²) in [6.07, 6.45) is 3.97. The predicted octanol–water partition coefficient (Wildman–Crippen LogP) is 3.84. The van der Waals surface area contributed by atoms with Crippen LogP contribution in [0.25, 0.3) is 0 Å². The fourth-order valence-corrected chi connectivity index (χ4v) is 3.62. The molecule has 0 bridgehead atoms. The van der Waals surface area contributed by atoms with Crippen molar-refractivity contribution < 1.29 is 4.79 Å². The largest absolute Gasteiger partial charge is 0.382 e. The summed E-state index contributed by atoms with van der Waals surface area (Å²) in [5.41, 5.74) is 8.25. The lowest BCUT2D eigenvalue weighted by Crippen LogP contribution is -2.30. The van der Waals surface area contributed by atoms with E-state index >= 15 is 0 Å². The third-order valence-electron chi connectivity index (χ3n) is 4.00. The molecule has 0 fully saturated rings. The van der Waals surface area contributed by atoms with Crippen LogP contribution < -0.4 is 11.1 Å². The summed E-state index contributed by atoms with van der Waals surface area (Å²) >= 11 is 1.60. The van der Waals surface area contributed by atoms with E-state index in [1.165, 1.54) is 18.0 Å². The van der Waals surface area contributed by atoms with Crippen LogP contribution in [0.15, 0.2) is 54.2 Å². The molecule has 0 spiro atoms. The van der Waals surface area contributed by atoms with Gasteiger partial charge in [0, 0.05) is 17.3 Å². The monoisotopic (exact) mass is 366 g/mol. The number of carbonyl (C=O) groups is 1. The number of aromatic nitrogens is 2. The van der Waals surface area contributed by atoms with Crippen molar-refractivity contribution in [1.29, 1.82) is 0 Å². The van der Waals surface area contributed by atoms with Gasteiger partial charge in [0.05, 0.1) is 6.04 Å². The molecule has 1 aromatic carbocycles. The molecule has 134 valence electrons. The number of thiophene rings is 1. The standard InChI is InChI=1S/C20H22N4OS/c1-13(2)12-14-5-7-15(8-6-14)17(16-4-3-11-26-16)24-20(25)18-19(21)23-10-9-22-18/h3-11,13,17H,12H2,1-2H3,(H2,21,23)(H,24,25). The minimum Gasteiger partial charge on any atom is -0.382 e. The van der Waals surface area contributed by atoms with Gasteiger partial charge in [-0.2, -0.15) is 0 Å². The highest BCUT2D eigenvalue weighted by Crippen LogP contribution is 2.27. The second-order valence-electron chi connectivity index (χ2n) is 6.55. The van der Waals surface area contributed by atoms with E-state index in [4.69, 9.17) is 5.73 Å². The highest BCUT2D eigenvalue weighted by molar-refractivity contribution is 7.10. The molecule has 0 aliphatic carbocycles. The molecule has 5 nitrogen and oxygen atoms in total. The number of carbonyl (C=O) groups excluding carboxylic acids is 1. The Morgan fingerprint density at radius 1 is 1.15 bits per heavy atom. The summed E-state index contributed by atoms with van der Waals surface area (Å²) < 4.78 is 0. The van der Waals surface area contributed by atoms with Crippen LogP contribution in [0.2, 0.25) is 0 Å². The Labute approximate surface area is 157 Å². The van der Waals surface area contributed by atoms with Gasteiger partial charge in [-0.1, -0.05) is 44.2 Å². The Morgan fingerprint density at radius 2 is 1.88 bits per heavy atom. The van der Waals surface area contributed by atoms with Crippen LogP contribution in [0.4, 0.5) is 5.82 Å². The molecular weight excluding hydrogens is 344 g/mol. The molecule has 0 saturated heterocycles. The molecule has 1 unspecified atom stereocenters. The third kappa shape index (κ3) is 4.26. The lowest BCUT2D eigenvalue weighted by atomic mass is 9.98. The number of nitrogens with zero attached hydrogens (tertiary/aromatic N) is 2. The zero-order chi connectivity index (χ0) is 18.5. The second kappa shape index (κ2) is 8.10. The van der Waals surface area contributed by atoms with E-state index in [1.807, 2.05) is 17.5 Å². The maximum Gasteiger partial charge on any atom is 0.274 e. The van der Waals surface area contributed by atoms with Crippen molar-refractivity contribution in [3.8, 4) is 0 Å². The molecule has 0 saturated carbocycles. The van der Waals surface area contributed by atoms with E-state index in [2.05, 4.69) is 53.4 Å². The number of hydrogen-bond acceptors (Lipinski definition) is 5. The maximum atomic E-state index is 12.7. The van der Waals surface area contributed by atoms with Gasteiger partial charge in [0.25, 0.3) is 5.91 Å². The van der Waals surface area contributed by atoms with Crippen LogP contribution in [0, 0.1) is 5.92 Å². The first-order valence-electron chi connectivity index (χ1n) is 8.54. The molecule has 2 heterocycles. The number of hydrogen-bond donors (Lipinski definition) is 2. The third-order valence-corrected chi connectivity index (χ3v) is 4.94. The number of rotatable bonds is 6. The van der Waals surface area contributed by atoms with Crippen molar-refractivity contribution in [3.05, 3.63) is 75.9 Å². The number of nitrogens with two attached hydrogens (primary N) is 1. The van der Waals surface area contributed by atoms with Crippen molar-refractivity contribution >= 4 is 23.1 Å². The molecule has 3 N–H and O–H groups in total. The van der Waals surface area contributed by atoms with Gasteiger partial charge >= 0.3 is 0 Å². The number of amides is 1. The SMILES string of the molecule is CC(C)Cc1ccc(C(NC(=O)c2nccnc2N)c2cccs2)cc1. The van der Waals surface area contributed by atoms with Crippen molar-refractivity contribution in [2.24, 2.45) is 5.92 Å². The molecular formula is C20H22N4OS. The quantitative estimate of drug-likeness (QED) is 0.694. The van der Waals surface area contributed by atoms with Crippen LogP contribution in [0.3, 0.4) is 0 Å². The molecule has 0 radical (unpaired) electrons. The Balaban J connectivity index is 1.87. The van der Waals surface area contributed by atoms with E-state index in [1.54, 1.807) is 11.3 Å². The lowest BCUT2D eigenvalue weighted by molar-refractivity contribution is 0.0939. The van der Waals surface area contributed by atoms with Gasteiger partial charge in [-0.25, -0.2) is 9.97 Å². The van der Waals surface area contributed by atoms with E-state index in [0.29, 0.717) is 5.92 Å². The molecule has 26 heavy (non-hydrogen) atoms. The topological polar surface area (TPSA) is 80.9 Å². The number of nitrogen functional groups attached to an aromatic ring is 1. The fourth-order valence-electron chi connectivity index (χ4n) is 2.82. The molecule has 3 aromatic rings. The van der Waals surface area contributed by atoms with Crippen LogP contribution in [-0.4, -0.2) is 15.9 Å². The van der Waals surface area contributed by atoms with Crippen molar-refractivity contribution in [1.82, 2.24) is 15.3 Å². The van der Waals surface area contributed by atoms with Gasteiger partial charge in [-0.05, 0) is 34.9 Å². The normalized spacial score (nSPS) is 12.1. The summed E-state index contributed by atoms with van der Waals surface area (Å²) in [6, 6.07) is 12.1. The minimum absolute atomic E-state index is 0.127. The summed E-state index contributed by atoms with van der Waals surface area (Å²) in [6.45, 7) is 4.40. The molecule has 1 atom stereocenters. The Hall–Kier alpha value is -2.73. The van der Waals surface area contributed by atoms with Gasteiger partial charge in [-0.15, -0.1) is 11.3 Å². The van der Waals surface area contributed by atoms with E-state index in [9.17, 15) is 4.79 Å². The van der Waals surface area contributed by atoms with Crippen molar-refractivity contribution in [3.63, 3.8) is 0 Å². The van der Waals surface area contributed by atoms with Crippen LogP contribution >= 0.6 is 11.3 Å². The Kier molecular flexibility index (Phi) is 5.63. The maximum absolute atomic E-state index is 12.7. The first-order valence-corrected chi connectivity index (χ1v) is 9.42. The van der Waals surface area contributed by atoms with E-state index < -0.39 is 0 Å². The van der Waals surface area contributed by atoms with Gasteiger partial charge in [-0.3, -0.25) is 4.79 Å². The van der Waals surface area contributed by atoms with Gasteiger partial charge < -0.3 is 11.1 Å². The molecule has 2 aromatic heterocycles. The number of nitrogens with one attached hydrogen (secondary N) is 1. The van der Waals surface area contributed by atoms with Crippen molar-refractivity contribution in [2.75, 3.05) is 5.73 Å². The first kappa shape index (κ1) is 18.1. The molecule has 3 rings (SSSR count). The van der Waals surface area contributed by atoms with Gasteiger partial charge in [0.15, 0.2) is 11.5 Å². The predicted molar refractivity (Wildman–Crippen MR) is 105 cm³/mol. The van der Waals surface area contributed by atoms with Crippen LogP contribution in [0.5, 0.6) is 0 Å². The Morgan fingerprint density at radius 3 is 2.50 bits per heavy atom. The summed E-state index contributed by atoms with van der Waals surface area (Å²) in [5.74, 6) is 0.399. The average Bonchev–Trinajstić information content (AvgIpc) is 3.14. The zero-order valence-electron chi connectivity index (χ0n) is 14.8. The zero-order valence-corrected chi connectivity index (χ0v) is 15.7. The van der Waals surface area contributed by atoms with Crippen LogP contribution in [-0.2, 0) is 6.42 Å². The summed E-state index contributed by atoms with van der Waals surface area (Å²) in [5, 5.41) is 5.04. The number of benzene rings is 1. The Bertz CT molecular complexity index is 860. The average molecular weight is 366 g/mol. The second-order valence-corrected chi connectivity index (χ2v) is 7.53. The minimum atomic E-state index is -0.333. The van der Waals surface area contributed by atoms with E-state index in [0.717, 1.165) is 16.9 Å². The fraction of sp³-hybridized carbons (Fsp3) is 0.250. The lowest BCUT2D eigenvalue weighted by Gasteiger charge is -2.19. The van der Waals surface area contributed by atoms with Crippen molar-refractivity contribution in [2.45, 2.75) is 26.3 Å². The van der Waals surface area contributed by atoms with Crippen LogP contribution in [0.1, 0.15) is 46.4 Å². The molecule has 0 aliphatic rings. The highest BCUT2D eigenvalue weighted by Gasteiger charge is 2.21. The molecule has 0 aliphatic heterocycles. The van der Waals surface area contributed by atoms with Gasteiger partial charge in [0.1, 0.15) is 0 Å².